The molecule has 0 saturated heterocycles. The Labute approximate surface area is 129 Å². The van der Waals surface area contributed by atoms with Gasteiger partial charge in [0.15, 0.2) is 6.61 Å². The van der Waals surface area contributed by atoms with Crippen LogP contribution in [0.2, 0.25) is 0 Å². The van der Waals surface area contributed by atoms with Gasteiger partial charge in [-0.25, -0.2) is 4.79 Å². The Hall–Kier alpha value is -1.69. The maximum absolute atomic E-state index is 11.7. The summed E-state index contributed by atoms with van der Waals surface area (Å²) >= 11 is 1.65. The Bertz CT molecular complexity index is 461. The van der Waals surface area contributed by atoms with Crippen LogP contribution in [0.4, 0.5) is 0 Å². The molecule has 1 aromatic rings. The molecule has 0 fully saturated rings. The molecule has 5 nitrogen and oxygen atoms in total. The fourth-order valence-corrected chi connectivity index (χ4v) is 2.31. The highest BCUT2D eigenvalue weighted by molar-refractivity contribution is 7.99. The van der Waals surface area contributed by atoms with Gasteiger partial charge in [0.25, 0.3) is 5.91 Å². The highest BCUT2D eigenvalue weighted by Crippen LogP contribution is 2.11. The molecule has 1 rings (SSSR count). The zero-order valence-corrected chi connectivity index (χ0v) is 13.1. The summed E-state index contributed by atoms with van der Waals surface area (Å²) in [6.45, 7) is 3.78. The first-order valence-corrected chi connectivity index (χ1v) is 7.97. The number of carboxylic acid groups (broad SMARTS) is 1. The van der Waals surface area contributed by atoms with Crippen molar-refractivity contribution in [2.75, 3.05) is 18.1 Å². The lowest BCUT2D eigenvalue weighted by molar-refractivity contribution is -0.142. The third kappa shape index (κ3) is 7.04. The van der Waals surface area contributed by atoms with Crippen molar-refractivity contribution in [3.63, 3.8) is 0 Å². The molecule has 0 heterocycles. The normalized spacial score (nSPS) is 11.7. The minimum Gasteiger partial charge on any atom is -0.484 e. The van der Waals surface area contributed by atoms with Gasteiger partial charge >= 0.3 is 5.97 Å². The summed E-state index contributed by atoms with van der Waals surface area (Å²) in [4.78, 5) is 22.8. The van der Waals surface area contributed by atoms with Crippen molar-refractivity contribution in [1.29, 1.82) is 0 Å². The molecule has 0 aliphatic carbocycles. The molecule has 0 radical (unpaired) electrons. The zero-order chi connectivity index (χ0) is 15.7. The van der Waals surface area contributed by atoms with E-state index >= 15 is 0 Å². The van der Waals surface area contributed by atoms with Gasteiger partial charge in [0.1, 0.15) is 11.8 Å². The van der Waals surface area contributed by atoms with Gasteiger partial charge in [-0.2, -0.15) is 11.8 Å². The maximum Gasteiger partial charge on any atom is 0.326 e. The Balaban J connectivity index is 2.39. The first kappa shape index (κ1) is 17.4. The van der Waals surface area contributed by atoms with Crippen LogP contribution in [0.3, 0.4) is 0 Å². The molecule has 0 saturated carbocycles. The van der Waals surface area contributed by atoms with Crippen molar-refractivity contribution in [2.45, 2.75) is 26.3 Å². The predicted octanol–water partition coefficient (Wildman–Crippen LogP) is 2.09. The molecule has 0 spiro atoms. The molecular formula is C15H21NO4S. The van der Waals surface area contributed by atoms with Crippen molar-refractivity contribution in [2.24, 2.45) is 0 Å². The lowest BCUT2D eigenvalue weighted by atomic mass is 10.2. The molecule has 1 aromatic carbocycles. The van der Waals surface area contributed by atoms with Gasteiger partial charge < -0.3 is 15.2 Å². The fraction of sp³-hybridized carbons (Fsp3) is 0.467. The number of amides is 1. The first-order chi connectivity index (χ1) is 10.0. The molecule has 1 amide bonds. The second-order valence-electron chi connectivity index (χ2n) is 4.55. The number of hydrogen-bond donors (Lipinski definition) is 2. The van der Waals surface area contributed by atoms with E-state index in [9.17, 15) is 9.59 Å². The van der Waals surface area contributed by atoms with Gasteiger partial charge in [-0.1, -0.05) is 24.6 Å². The van der Waals surface area contributed by atoms with Gasteiger partial charge in [-0.05, 0) is 37.0 Å². The Morgan fingerprint density at radius 1 is 1.33 bits per heavy atom. The third-order valence-electron chi connectivity index (χ3n) is 2.78. The Morgan fingerprint density at radius 3 is 2.57 bits per heavy atom. The Morgan fingerprint density at radius 2 is 2.00 bits per heavy atom. The van der Waals surface area contributed by atoms with Crippen LogP contribution in [0.5, 0.6) is 5.75 Å². The lowest BCUT2D eigenvalue weighted by Gasteiger charge is -2.14. The molecule has 0 aliphatic heterocycles. The molecular weight excluding hydrogens is 290 g/mol. The number of hydrogen-bond acceptors (Lipinski definition) is 4. The molecule has 116 valence electrons. The van der Waals surface area contributed by atoms with E-state index in [1.54, 1.807) is 23.9 Å². The number of rotatable bonds is 9. The molecule has 1 unspecified atom stereocenters. The summed E-state index contributed by atoms with van der Waals surface area (Å²) < 4.78 is 5.32. The standard InChI is InChI=1S/C15H21NO4S/c1-3-21-9-8-13(15(18)19)16-14(17)10-20-12-6-4-11(2)5-7-12/h4-7,13H,3,8-10H2,1-2H3,(H,16,17)(H,18,19). The highest BCUT2D eigenvalue weighted by Gasteiger charge is 2.19. The number of carbonyl (C=O) groups excluding carboxylic acids is 1. The van der Waals surface area contributed by atoms with Crippen LogP contribution < -0.4 is 10.1 Å². The maximum atomic E-state index is 11.7. The molecule has 21 heavy (non-hydrogen) atoms. The number of thioether (sulfide) groups is 1. The van der Waals surface area contributed by atoms with E-state index in [0.717, 1.165) is 11.3 Å². The number of aryl methyl sites for hydroxylation is 1. The van der Waals surface area contributed by atoms with Crippen molar-refractivity contribution >= 4 is 23.6 Å². The van der Waals surface area contributed by atoms with Crippen LogP contribution in [-0.2, 0) is 9.59 Å². The number of carbonyl (C=O) groups is 2. The molecule has 0 bridgehead atoms. The number of benzene rings is 1. The number of nitrogens with one attached hydrogen (secondary N) is 1. The fourth-order valence-electron chi connectivity index (χ4n) is 1.62. The molecule has 2 N–H and O–H groups in total. The highest BCUT2D eigenvalue weighted by atomic mass is 32.2. The lowest BCUT2D eigenvalue weighted by Crippen LogP contribution is -2.43. The number of carboxylic acids is 1. The summed E-state index contributed by atoms with van der Waals surface area (Å²) in [6, 6.07) is 6.45. The van der Waals surface area contributed by atoms with Crippen LogP contribution in [0.1, 0.15) is 18.9 Å². The topological polar surface area (TPSA) is 75.6 Å². The SMILES string of the molecule is CCSCCC(NC(=O)COc1ccc(C)cc1)C(=O)O. The molecule has 0 aromatic heterocycles. The average Bonchev–Trinajstić information content (AvgIpc) is 2.45. The van der Waals surface area contributed by atoms with E-state index in [4.69, 9.17) is 9.84 Å². The predicted molar refractivity (Wildman–Crippen MR) is 83.9 cm³/mol. The summed E-state index contributed by atoms with van der Waals surface area (Å²) in [5.74, 6) is 0.771. The van der Waals surface area contributed by atoms with Crippen LogP contribution in [0.15, 0.2) is 24.3 Å². The zero-order valence-electron chi connectivity index (χ0n) is 12.3. The monoisotopic (exact) mass is 311 g/mol. The molecule has 1 atom stereocenters. The summed E-state index contributed by atoms with van der Waals surface area (Å²) in [7, 11) is 0. The third-order valence-corrected chi connectivity index (χ3v) is 3.71. The minimum atomic E-state index is -1.02. The smallest absolute Gasteiger partial charge is 0.326 e. The second-order valence-corrected chi connectivity index (χ2v) is 5.94. The van der Waals surface area contributed by atoms with Crippen molar-refractivity contribution < 1.29 is 19.4 Å². The quantitative estimate of drug-likeness (QED) is 0.683. The van der Waals surface area contributed by atoms with Crippen molar-refractivity contribution in [1.82, 2.24) is 5.32 Å². The first-order valence-electron chi connectivity index (χ1n) is 6.82. The summed E-state index contributed by atoms with van der Waals surface area (Å²) in [6.07, 6.45) is 0.407. The molecule has 0 aliphatic rings. The van der Waals surface area contributed by atoms with E-state index < -0.39 is 17.9 Å². The van der Waals surface area contributed by atoms with Crippen LogP contribution >= 0.6 is 11.8 Å². The van der Waals surface area contributed by atoms with Gasteiger partial charge in [-0.3, -0.25) is 4.79 Å². The van der Waals surface area contributed by atoms with Crippen molar-refractivity contribution in [3.8, 4) is 5.75 Å². The van der Waals surface area contributed by atoms with Gasteiger partial charge in [0.05, 0.1) is 0 Å². The van der Waals surface area contributed by atoms with Gasteiger partial charge in [0, 0.05) is 0 Å². The average molecular weight is 311 g/mol. The van der Waals surface area contributed by atoms with Gasteiger partial charge in [0.2, 0.25) is 0 Å². The largest absolute Gasteiger partial charge is 0.484 e. The van der Waals surface area contributed by atoms with E-state index in [-0.39, 0.29) is 6.61 Å². The second kappa shape index (κ2) is 9.28. The number of aliphatic carboxylic acids is 1. The molecule has 6 heteroatoms. The summed E-state index contributed by atoms with van der Waals surface area (Å²) in [5.41, 5.74) is 1.10. The Kier molecular flexibility index (Phi) is 7.68. The van der Waals surface area contributed by atoms with E-state index in [1.807, 2.05) is 26.0 Å². The summed E-state index contributed by atoms with van der Waals surface area (Å²) in [5, 5.41) is 11.6. The van der Waals surface area contributed by atoms with Gasteiger partial charge in [-0.15, -0.1) is 0 Å². The minimum absolute atomic E-state index is 0.187. The van der Waals surface area contributed by atoms with Crippen LogP contribution in [-0.4, -0.2) is 41.1 Å². The van der Waals surface area contributed by atoms with Crippen LogP contribution in [0.25, 0.3) is 0 Å². The van der Waals surface area contributed by atoms with E-state index in [2.05, 4.69) is 5.32 Å². The number of ether oxygens (including phenoxy) is 1. The van der Waals surface area contributed by atoms with E-state index in [1.165, 1.54) is 0 Å². The van der Waals surface area contributed by atoms with E-state index in [0.29, 0.717) is 17.9 Å². The van der Waals surface area contributed by atoms with Crippen molar-refractivity contribution in [3.05, 3.63) is 29.8 Å². The van der Waals surface area contributed by atoms with Crippen LogP contribution in [0, 0.1) is 6.92 Å².